The quantitative estimate of drug-likeness (QED) is 0.648. The summed E-state index contributed by atoms with van der Waals surface area (Å²) in [6, 6.07) is 15.5. The molecule has 140 valence electrons. The zero-order valence-corrected chi connectivity index (χ0v) is 15.9. The number of amides is 1. The molecule has 0 unspecified atom stereocenters. The molecule has 0 radical (unpaired) electrons. The molecule has 1 amide bonds. The first-order valence-electron chi connectivity index (χ1n) is 8.97. The molecule has 2 aromatic carbocycles. The van der Waals surface area contributed by atoms with E-state index in [-0.39, 0.29) is 12.5 Å². The summed E-state index contributed by atoms with van der Waals surface area (Å²) >= 11 is 0. The smallest absolute Gasteiger partial charge is 0.330 e. The Hall–Kier alpha value is -3.08. The molecule has 1 heterocycles. The summed E-state index contributed by atoms with van der Waals surface area (Å²) in [6.45, 7) is 6.14. The van der Waals surface area contributed by atoms with Crippen molar-refractivity contribution in [2.24, 2.45) is 0 Å². The normalized spacial score (nSPS) is 15.4. The van der Waals surface area contributed by atoms with Crippen LogP contribution in [0, 0.1) is 6.92 Å². The van der Waals surface area contributed by atoms with Gasteiger partial charge in [0.2, 0.25) is 0 Å². The lowest BCUT2D eigenvalue weighted by Crippen LogP contribution is -2.54. The third-order valence-electron chi connectivity index (χ3n) is 4.47. The lowest BCUT2D eigenvalue weighted by molar-refractivity contribution is -0.137. The molecular formula is C22H24N2O3. The molecular weight excluding hydrogens is 340 g/mol. The monoisotopic (exact) mass is 364 g/mol. The van der Waals surface area contributed by atoms with Crippen molar-refractivity contribution in [2.75, 3.05) is 23.4 Å². The molecule has 1 N–H and O–H groups in total. The van der Waals surface area contributed by atoms with Gasteiger partial charge in [0.25, 0.3) is 5.91 Å². The van der Waals surface area contributed by atoms with E-state index < -0.39 is 11.5 Å². The molecule has 0 spiro atoms. The fourth-order valence-electron chi connectivity index (χ4n) is 3.00. The minimum atomic E-state index is -0.705. The first kappa shape index (κ1) is 18.7. The van der Waals surface area contributed by atoms with Gasteiger partial charge >= 0.3 is 5.97 Å². The molecule has 27 heavy (non-hydrogen) atoms. The highest BCUT2D eigenvalue weighted by molar-refractivity contribution is 6.07. The Morgan fingerprint density at radius 2 is 1.85 bits per heavy atom. The fraction of sp³-hybridized carbons (Fsp3) is 0.273. The van der Waals surface area contributed by atoms with E-state index in [2.05, 4.69) is 5.32 Å². The summed E-state index contributed by atoms with van der Waals surface area (Å²) in [7, 11) is 0. The first-order chi connectivity index (χ1) is 12.9. The molecule has 0 aromatic heterocycles. The van der Waals surface area contributed by atoms with Crippen molar-refractivity contribution in [2.45, 2.75) is 26.3 Å². The largest absolute Gasteiger partial charge is 0.461 e. The van der Waals surface area contributed by atoms with Gasteiger partial charge in [0.15, 0.2) is 0 Å². The highest BCUT2D eigenvalue weighted by Crippen LogP contribution is 2.34. The number of hydrogen-bond donors (Lipinski definition) is 1. The van der Waals surface area contributed by atoms with E-state index in [1.807, 2.05) is 69.3 Å². The Morgan fingerprint density at radius 3 is 2.59 bits per heavy atom. The van der Waals surface area contributed by atoms with Crippen LogP contribution >= 0.6 is 0 Å². The number of anilines is 2. The van der Waals surface area contributed by atoms with Crippen LogP contribution in [0.5, 0.6) is 0 Å². The van der Waals surface area contributed by atoms with Gasteiger partial charge in [-0.3, -0.25) is 4.79 Å². The van der Waals surface area contributed by atoms with Crippen LogP contribution in [0.4, 0.5) is 11.4 Å². The van der Waals surface area contributed by atoms with Crippen LogP contribution in [-0.2, 0) is 14.3 Å². The lowest BCUT2D eigenvalue weighted by Gasteiger charge is -2.39. The van der Waals surface area contributed by atoms with Gasteiger partial charge in [-0.2, -0.15) is 0 Å². The highest BCUT2D eigenvalue weighted by Gasteiger charge is 2.38. The van der Waals surface area contributed by atoms with E-state index in [9.17, 15) is 9.59 Å². The summed E-state index contributed by atoms with van der Waals surface area (Å²) in [4.78, 5) is 26.4. The van der Waals surface area contributed by atoms with Crippen LogP contribution in [0.25, 0.3) is 6.08 Å². The van der Waals surface area contributed by atoms with E-state index in [4.69, 9.17) is 4.74 Å². The summed E-state index contributed by atoms with van der Waals surface area (Å²) in [5.41, 5.74) is 3.09. The topological polar surface area (TPSA) is 58.6 Å². The molecule has 0 bridgehead atoms. The average molecular weight is 364 g/mol. The summed E-state index contributed by atoms with van der Waals surface area (Å²) < 4.78 is 5.28. The third-order valence-corrected chi connectivity index (χ3v) is 4.47. The second kappa shape index (κ2) is 7.66. The number of nitrogens with zero attached hydrogens (tertiary/aromatic N) is 1. The Kier molecular flexibility index (Phi) is 5.31. The van der Waals surface area contributed by atoms with Crippen molar-refractivity contribution in [1.82, 2.24) is 0 Å². The molecule has 0 saturated carbocycles. The molecule has 0 saturated heterocycles. The Morgan fingerprint density at radius 1 is 1.15 bits per heavy atom. The van der Waals surface area contributed by atoms with E-state index in [1.165, 1.54) is 11.6 Å². The van der Waals surface area contributed by atoms with Gasteiger partial charge < -0.3 is 15.0 Å². The Labute approximate surface area is 159 Å². The lowest BCUT2D eigenvalue weighted by atomic mass is 9.98. The molecule has 2 aromatic rings. The summed E-state index contributed by atoms with van der Waals surface area (Å²) in [5.74, 6) is -0.474. The first-order valence-corrected chi connectivity index (χ1v) is 8.97. The molecule has 0 aliphatic carbocycles. The van der Waals surface area contributed by atoms with Crippen molar-refractivity contribution in [3.63, 3.8) is 0 Å². The standard InChI is InChI=1S/C22H24N2O3/c1-16-8-10-17(11-9-16)12-13-20(25)27-15-14-24-19-7-5-4-6-18(19)23-22(2,3)21(24)26/h4-13,23H,14-15H2,1-3H3/b13-12+. The molecule has 1 aliphatic rings. The highest BCUT2D eigenvalue weighted by atomic mass is 16.5. The number of rotatable bonds is 5. The van der Waals surface area contributed by atoms with Crippen LogP contribution in [0.2, 0.25) is 0 Å². The van der Waals surface area contributed by atoms with Gasteiger partial charge in [-0.25, -0.2) is 4.79 Å². The van der Waals surface area contributed by atoms with Crippen LogP contribution in [0.15, 0.2) is 54.6 Å². The number of nitrogens with one attached hydrogen (secondary N) is 1. The molecule has 0 fully saturated rings. The number of carbonyl (C=O) groups excluding carboxylic acids is 2. The SMILES string of the molecule is Cc1ccc(/C=C/C(=O)OCCN2C(=O)C(C)(C)Nc3ccccc32)cc1. The van der Waals surface area contributed by atoms with Gasteiger partial charge in [0.1, 0.15) is 12.1 Å². The summed E-state index contributed by atoms with van der Waals surface area (Å²) in [5, 5.41) is 3.25. The van der Waals surface area contributed by atoms with Crippen molar-refractivity contribution in [1.29, 1.82) is 0 Å². The second-order valence-electron chi connectivity index (χ2n) is 7.14. The second-order valence-corrected chi connectivity index (χ2v) is 7.14. The maximum atomic E-state index is 12.7. The van der Waals surface area contributed by atoms with Crippen molar-refractivity contribution in [3.8, 4) is 0 Å². The van der Waals surface area contributed by atoms with Gasteiger partial charge in [-0.1, -0.05) is 42.0 Å². The third kappa shape index (κ3) is 4.37. The zero-order valence-electron chi connectivity index (χ0n) is 15.9. The predicted octanol–water partition coefficient (Wildman–Crippen LogP) is 3.79. The number of aryl methyl sites for hydroxylation is 1. The fourth-order valence-corrected chi connectivity index (χ4v) is 3.00. The Balaban J connectivity index is 1.60. The summed E-state index contributed by atoms with van der Waals surface area (Å²) in [6.07, 6.45) is 3.12. The molecule has 1 aliphatic heterocycles. The van der Waals surface area contributed by atoms with E-state index in [0.29, 0.717) is 6.54 Å². The number of para-hydroxylation sites is 2. The van der Waals surface area contributed by atoms with Gasteiger partial charge in [0.05, 0.1) is 17.9 Å². The Bertz CT molecular complexity index is 869. The average Bonchev–Trinajstić information content (AvgIpc) is 2.64. The minimum absolute atomic E-state index is 0.0487. The number of benzene rings is 2. The maximum Gasteiger partial charge on any atom is 0.330 e. The maximum absolute atomic E-state index is 12.7. The van der Waals surface area contributed by atoms with E-state index in [0.717, 1.165) is 16.9 Å². The van der Waals surface area contributed by atoms with Crippen LogP contribution in [0.3, 0.4) is 0 Å². The number of hydrogen-bond acceptors (Lipinski definition) is 4. The zero-order chi connectivity index (χ0) is 19.4. The number of carbonyl (C=O) groups is 2. The molecule has 5 heteroatoms. The minimum Gasteiger partial charge on any atom is -0.461 e. The van der Waals surface area contributed by atoms with Gasteiger partial charge in [-0.05, 0) is 44.5 Å². The van der Waals surface area contributed by atoms with Crippen molar-refractivity contribution >= 4 is 29.3 Å². The number of esters is 1. The van der Waals surface area contributed by atoms with E-state index in [1.54, 1.807) is 11.0 Å². The van der Waals surface area contributed by atoms with Crippen LogP contribution < -0.4 is 10.2 Å². The van der Waals surface area contributed by atoms with E-state index >= 15 is 0 Å². The van der Waals surface area contributed by atoms with Crippen molar-refractivity contribution < 1.29 is 14.3 Å². The molecule has 3 rings (SSSR count). The predicted molar refractivity (Wildman–Crippen MR) is 108 cm³/mol. The van der Waals surface area contributed by atoms with Crippen LogP contribution in [0.1, 0.15) is 25.0 Å². The van der Waals surface area contributed by atoms with Gasteiger partial charge in [0, 0.05) is 6.08 Å². The number of fused-ring (bicyclic) bond motifs is 1. The van der Waals surface area contributed by atoms with Crippen molar-refractivity contribution in [3.05, 3.63) is 65.7 Å². The number of ether oxygens (including phenoxy) is 1. The van der Waals surface area contributed by atoms with Gasteiger partial charge in [-0.15, -0.1) is 0 Å². The molecule has 0 atom stereocenters. The van der Waals surface area contributed by atoms with Crippen LogP contribution in [-0.4, -0.2) is 30.6 Å². The molecule has 5 nitrogen and oxygen atoms in total.